The number of rotatable bonds is 3. The fourth-order valence-electron chi connectivity index (χ4n) is 3.37. The number of thioether (sulfide) groups is 1. The highest BCUT2D eigenvalue weighted by molar-refractivity contribution is 8.04. The fourth-order valence-corrected chi connectivity index (χ4v) is 4.84. The summed E-state index contributed by atoms with van der Waals surface area (Å²) in [5.74, 6) is 0.0137. The molecule has 3 rings (SSSR count). The summed E-state index contributed by atoms with van der Waals surface area (Å²) >= 11 is 7.81. The van der Waals surface area contributed by atoms with E-state index in [2.05, 4.69) is 10.6 Å². The summed E-state index contributed by atoms with van der Waals surface area (Å²) in [6.07, 6.45) is 4.35. The van der Waals surface area contributed by atoms with Crippen LogP contribution >= 0.6 is 23.4 Å². The molecule has 1 aromatic carbocycles. The van der Waals surface area contributed by atoms with Crippen molar-refractivity contribution in [1.82, 2.24) is 10.6 Å². The second-order valence-electron chi connectivity index (χ2n) is 6.94. The van der Waals surface area contributed by atoms with E-state index in [1.165, 1.54) is 0 Å². The van der Waals surface area contributed by atoms with E-state index >= 15 is 0 Å². The summed E-state index contributed by atoms with van der Waals surface area (Å²) in [4.78, 5) is 25.4. The minimum absolute atomic E-state index is 0.0151. The Balaban J connectivity index is 1.69. The van der Waals surface area contributed by atoms with Gasteiger partial charge in [-0.3, -0.25) is 9.59 Å². The molecule has 1 saturated carbocycles. The van der Waals surface area contributed by atoms with Gasteiger partial charge in [0.15, 0.2) is 0 Å². The van der Waals surface area contributed by atoms with Crippen LogP contribution in [0.25, 0.3) is 6.08 Å². The molecule has 4 nitrogen and oxygen atoms in total. The number of amides is 2. The van der Waals surface area contributed by atoms with Crippen molar-refractivity contribution in [1.29, 1.82) is 0 Å². The number of hydrogen-bond acceptors (Lipinski definition) is 3. The highest BCUT2D eigenvalue weighted by Gasteiger charge is 2.39. The van der Waals surface area contributed by atoms with Gasteiger partial charge in [-0.15, -0.1) is 11.8 Å². The summed E-state index contributed by atoms with van der Waals surface area (Å²) in [6, 6.07) is 7.70. The van der Waals surface area contributed by atoms with E-state index in [4.69, 9.17) is 11.6 Å². The molecule has 1 aromatic rings. The maximum atomic E-state index is 12.5. The Morgan fingerprint density at radius 1 is 1.36 bits per heavy atom. The topological polar surface area (TPSA) is 58.2 Å². The third-order valence-corrected chi connectivity index (χ3v) is 6.37. The van der Waals surface area contributed by atoms with Gasteiger partial charge < -0.3 is 10.6 Å². The molecule has 25 heavy (non-hydrogen) atoms. The van der Waals surface area contributed by atoms with Crippen LogP contribution in [0.2, 0.25) is 5.02 Å². The molecule has 2 aliphatic rings. The van der Waals surface area contributed by atoms with Crippen LogP contribution in [0, 0.1) is 5.92 Å². The van der Waals surface area contributed by atoms with Gasteiger partial charge in [0.2, 0.25) is 5.91 Å². The molecule has 2 fully saturated rings. The molecule has 6 heteroatoms. The number of halogens is 1. The standard InChI is InChI=1S/C19H23ClN2O2S/c1-11(2)21-18(23)13-7-8-16-15(9-13)22-19(24)17(25-16)10-12-5-3-4-6-14(12)20/h3-6,10-11,13,15-16H,7-9H2,1-2H3,(H,21,23)(H,22,24)/b17-10+. The summed E-state index contributed by atoms with van der Waals surface area (Å²) in [6.45, 7) is 3.93. The molecule has 0 aromatic heterocycles. The molecule has 1 heterocycles. The average Bonchev–Trinajstić information content (AvgIpc) is 2.56. The van der Waals surface area contributed by atoms with Gasteiger partial charge >= 0.3 is 0 Å². The third-order valence-electron chi connectivity index (χ3n) is 4.60. The van der Waals surface area contributed by atoms with E-state index in [-0.39, 0.29) is 29.8 Å². The Labute approximate surface area is 157 Å². The zero-order chi connectivity index (χ0) is 18.0. The molecule has 1 aliphatic carbocycles. The zero-order valence-electron chi connectivity index (χ0n) is 14.4. The summed E-state index contributed by atoms with van der Waals surface area (Å²) in [5.41, 5.74) is 0.852. The van der Waals surface area contributed by atoms with Gasteiger partial charge in [-0.2, -0.15) is 0 Å². The van der Waals surface area contributed by atoms with Crippen LogP contribution in [0.15, 0.2) is 29.2 Å². The van der Waals surface area contributed by atoms with Crippen LogP contribution in [-0.4, -0.2) is 29.1 Å². The van der Waals surface area contributed by atoms with Crippen LogP contribution in [0.3, 0.4) is 0 Å². The number of nitrogens with one attached hydrogen (secondary N) is 2. The van der Waals surface area contributed by atoms with Crippen LogP contribution < -0.4 is 10.6 Å². The Morgan fingerprint density at radius 3 is 2.84 bits per heavy atom. The monoisotopic (exact) mass is 378 g/mol. The number of hydrogen-bond donors (Lipinski definition) is 2. The van der Waals surface area contributed by atoms with Gasteiger partial charge in [0.25, 0.3) is 5.91 Å². The van der Waals surface area contributed by atoms with Crippen molar-refractivity contribution in [3.63, 3.8) is 0 Å². The number of benzene rings is 1. The highest BCUT2D eigenvalue weighted by atomic mass is 35.5. The molecule has 2 N–H and O–H groups in total. The van der Waals surface area contributed by atoms with Crippen molar-refractivity contribution in [2.45, 2.75) is 50.4 Å². The van der Waals surface area contributed by atoms with Crippen LogP contribution in [0.5, 0.6) is 0 Å². The molecule has 0 spiro atoms. The van der Waals surface area contributed by atoms with Crippen molar-refractivity contribution in [3.8, 4) is 0 Å². The van der Waals surface area contributed by atoms with E-state index in [1.54, 1.807) is 11.8 Å². The van der Waals surface area contributed by atoms with Gasteiger partial charge in [0, 0.05) is 28.3 Å². The Hall–Kier alpha value is -1.46. The number of carbonyl (C=O) groups is 2. The summed E-state index contributed by atoms with van der Waals surface area (Å²) in [5, 5.41) is 7.03. The second-order valence-corrected chi connectivity index (χ2v) is 8.63. The van der Waals surface area contributed by atoms with E-state index < -0.39 is 0 Å². The third kappa shape index (κ3) is 4.39. The SMILES string of the molecule is CC(C)NC(=O)C1CCC2S/C(=C/c3ccccc3Cl)C(=O)NC2C1. The van der Waals surface area contributed by atoms with Crippen LogP contribution in [0.1, 0.15) is 38.7 Å². The molecule has 0 radical (unpaired) electrons. The quantitative estimate of drug-likeness (QED) is 0.790. The van der Waals surface area contributed by atoms with E-state index in [0.717, 1.165) is 18.4 Å². The van der Waals surface area contributed by atoms with Gasteiger partial charge in [0.1, 0.15) is 0 Å². The molecular formula is C19H23ClN2O2S. The van der Waals surface area contributed by atoms with Gasteiger partial charge in [-0.25, -0.2) is 0 Å². The maximum absolute atomic E-state index is 12.5. The smallest absolute Gasteiger partial charge is 0.257 e. The number of carbonyl (C=O) groups excluding carboxylic acids is 2. The first-order valence-corrected chi connectivity index (χ1v) is 9.94. The molecule has 1 aliphatic heterocycles. The predicted octanol–water partition coefficient (Wildman–Crippen LogP) is 3.61. The Bertz CT molecular complexity index is 704. The van der Waals surface area contributed by atoms with E-state index in [0.29, 0.717) is 21.6 Å². The molecular weight excluding hydrogens is 356 g/mol. The van der Waals surface area contributed by atoms with Crippen molar-refractivity contribution in [2.24, 2.45) is 5.92 Å². The normalized spacial score (nSPS) is 27.8. The van der Waals surface area contributed by atoms with Crippen LogP contribution in [0.4, 0.5) is 0 Å². The van der Waals surface area contributed by atoms with Crippen molar-refractivity contribution in [2.75, 3.05) is 0 Å². The zero-order valence-corrected chi connectivity index (χ0v) is 16.0. The molecule has 3 atom stereocenters. The lowest BCUT2D eigenvalue weighted by molar-refractivity contribution is -0.127. The van der Waals surface area contributed by atoms with E-state index in [9.17, 15) is 9.59 Å². The van der Waals surface area contributed by atoms with Gasteiger partial charge in [-0.05, 0) is 50.8 Å². The predicted molar refractivity (Wildman–Crippen MR) is 103 cm³/mol. The summed E-state index contributed by atoms with van der Waals surface area (Å²) < 4.78 is 0. The van der Waals surface area contributed by atoms with Crippen molar-refractivity contribution in [3.05, 3.63) is 39.8 Å². The molecule has 134 valence electrons. The molecule has 0 bridgehead atoms. The van der Waals surface area contributed by atoms with Crippen LogP contribution in [-0.2, 0) is 9.59 Å². The largest absolute Gasteiger partial charge is 0.354 e. The van der Waals surface area contributed by atoms with Gasteiger partial charge in [-0.1, -0.05) is 29.8 Å². The molecule has 3 unspecified atom stereocenters. The minimum Gasteiger partial charge on any atom is -0.354 e. The highest BCUT2D eigenvalue weighted by Crippen LogP contribution is 2.40. The Kier molecular flexibility index (Phi) is 5.74. The average molecular weight is 379 g/mol. The first-order valence-electron chi connectivity index (χ1n) is 8.68. The minimum atomic E-state index is -0.0731. The molecule has 2 amide bonds. The lowest BCUT2D eigenvalue weighted by Crippen LogP contribution is -2.52. The lowest BCUT2D eigenvalue weighted by Gasteiger charge is -2.39. The maximum Gasteiger partial charge on any atom is 0.257 e. The first kappa shape index (κ1) is 18.3. The van der Waals surface area contributed by atoms with Crippen molar-refractivity contribution < 1.29 is 9.59 Å². The molecule has 1 saturated heterocycles. The number of fused-ring (bicyclic) bond motifs is 1. The first-order chi connectivity index (χ1) is 11.9. The lowest BCUT2D eigenvalue weighted by atomic mass is 9.84. The van der Waals surface area contributed by atoms with Gasteiger partial charge in [0.05, 0.1) is 4.91 Å². The van der Waals surface area contributed by atoms with E-state index in [1.807, 2.05) is 44.2 Å². The fraction of sp³-hybridized carbons (Fsp3) is 0.474. The summed E-state index contributed by atoms with van der Waals surface area (Å²) in [7, 11) is 0. The second kappa shape index (κ2) is 7.83. The van der Waals surface area contributed by atoms with Crippen molar-refractivity contribution >= 4 is 41.3 Å². The Morgan fingerprint density at radius 2 is 2.12 bits per heavy atom.